The lowest BCUT2D eigenvalue weighted by atomic mass is 9.79. The van der Waals surface area contributed by atoms with Crippen LogP contribution in [0.5, 0.6) is 0 Å². The average Bonchev–Trinajstić information content (AvgIpc) is 3.25. The van der Waals surface area contributed by atoms with Gasteiger partial charge in [0.05, 0.1) is 11.0 Å². The van der Waals surface area contributed by atoms with Gasteiger partial charge in [-0.05, 0) is 67.6 Å². The van der Waals surface area contributed by atoms with Crippen LogP contribution in [-0.2, 0) is 11.2 Å². The van der Waals surface area contributed by atoms with Crippen molar-refractivity contribution >= 4 is 11.8 Å². The molecule has 0 unspecified atom stereocenters. The predicted molar refractivity (Wildman–Crippen MR) is 126 cm³/mol. The number of likely N-dealkylation sites (tertiary alicyclic amines) is 1. The molecule has 0 radical (unpaired) electrons. The molecule has 5 nitrogen and oxygen atoms in total. The molecule has 1 atom stereocenters. The molecule has 6 heteroatoms. The van der Waals surface area contributed by atoms with Crippen LogP contribution in [-0.4, -0.2) is 40.8 Å². The number of carbonyl (C=O) groups excluding carboxylic acids is 2. The summed E-state index contributed by atoms with van der Waals surface area (Å²) in [6, 6.07) is 18.0. The molecule has 33 heavy (non-hydrogen) atoms. The van der Waals surface area contributed by atoms with E-state index >= 15 is 0 Å². The van der Waals surface area contributed by atoms with Crippen LogP contribution >= 0.6 is 0 Å². The van der Waals surface area contributed by atoms with Crippen molar-refractivity contribution in [1.82, 2.24) is 15.2 Å². The van der Waals surface area contributed by atoms with Gasteiger partial charge in [-0.2, -0.15) is 0 Å². The van der Waals surface area contributed by atoms with E-state index in [1.165, 1.54) is 12.1 Å². The Bertz CT molecular complexity index is 1150. The molecule has 3 aromatic rings. The Morgan fingerprint density at radius 3 is 2.55 bits per heavy atom. The van der Waals surface area contributed by atoms with Crippen molar-refractivity contribution in [3.63, 3.8) is 0 Å². The fourth-order valence-corrected chi connectivity index (χ4v) is 4.47. The quantitative estimate of drug-likeness (QED) is 0.608. The van der Waals surface area contributed by atoms with Gasteiger partial charge in [-0.25, -0.2) is 4.39 Å². The molecule has 1 N–H and O–H groups in total. The minimum atomic E-state index is -0.776. The van der Waals surface area contributed by atoms with Crippen LogP contribution in [0.25, 0.3) is 11.1 Å². The second-order valence-electron chi connectivity index (χ2n) is 8.98. The SMILES string of the molecule is CC(C)NC(=O)[C@]1(Cc2cccc(-c3ccncc3)c2)CCN(C(=O)c2ccccc2F)C1. The van der Waals surface area contributed by atoms with E-state index in [1.807, 2.05) is 44.2 Å². The largest absolute Gasteiger partial charge is 0.353 e. The van der Waals surface area contributed by atoms with E-state index in [2.05, 4.69) is 16.4 Å². The van der Waals surface area contributed by atoms with Crippen LogP contribution in [0.2, 0.25) is 0 Å². The van der Waals surface area contributed by atoms with Crippen LogP contribution in [0.4, 0.5) is 4.39 Å². The van der Waals surface area contributed by atoms with Crippen molar-refractivity contribution in [3.05, 3.63) is 90.0 Å². The van der Waals surface area contributed by atoms with Crippen LogP contribution < -0.4 is 5.32 Å². The highest BCUT2D eigenvalue weighted by atomic mass is 19.1. The fourth-order valence-electron chi connectivity index (χ4n) is 4.47. The normalized spacial score (nSPS) is 17.9. The van der Waals surface area contributed by atoms with Crippen LogP contribution in [0.1, 0.15) is 36.2 Å². The molecular weight excluding hydrogens is 417 g/mol. The van der Waals surface area contributed by atoms with Gasteiger partial charge in [-0.15, -0.1) is 0 Å². The van der Waals surface area contributed by atoms with Crippen molar-refractivity contribution in [2.45, 2.75) is 32.7 Å². The van der Waals surface area contributed by atoms with Gasteiger partial charge in [0.25, 0.3) is 5.91 Å². The summed E-state index contributed by atoms with van der Waals surface area (Å²) < 4.78 is 14.2. The zero-order valence-corrected chi connectivity index (χ0v) is 18.9. The number of nitrogens with zero attached hydrogens (tertiary/aromatic N) is 2. The number of carbonyl (C=O) groups is 2. The topological polar surface area (TPSA) is 62.3 Å². The zero-order valence-electron chi connectivity index (χ0n) is 18.9. The maximum absolute atomic E-state index is 14.2. The van der Waals surface area contributed by atoms with E-state index < -0.39 is 11.2 Å². The average molecular weight is 446 g/mol. The number of halogens is 1. The van der Waals surface area contributed by atoms with Gasteiger partial charge in [-0.1, -0.05) is 36.4 Å². The highest BCUT2D eigenvalue weighted by Gasteiger charge is 2.46. The molecule has 2 aromatic carbocycles. The summed E-state index contributed by atoms with van der Waals surface area (Å²) in [4.78, 5) is 32.1. The summed E-state index contributed by atoms with van der Waals surface area (Å²) in [5.74, 6) is -0.995. The summed E-state index contributed by atoms with van der Waals surface area (Å²) in [6.07, 6.45) is 4.52. The fraction of sp³-hybridized carbons (Fsp3) is 0.296. The Morgan fingerprint density at radius 2 is 1.82 bits per heavy atom. The Kier molecular flexibility index (Phi) is 6.54. The van der Waals surface area contributed by atoms with Crippen LogP contribution in [0.3, 0.4) is 0 Å². The van der Waals surface area contributed by atoms with Gasteiger partial charge in [0.15, 0.2) is 0 Å². The first-order valence-corrected chi connectivity index (χ1v) is 11.2. The van der Waals surface area contributed by atoms with E-state index in [-0.39, 0.29) is 30.0 Å². The smallest absolute Gasteiger partial charge is 0.256 e. The molecule has 0 bridgehead atoms. The monoisotopic (exact) mass is 445 g/mol. The first-order chi connectivity index (χ1) is 15.9. The molecule has 1 aromatic heterocycles. The van der Waals surface area contributed by atoms with Gasteiger partial charge in [-0.3, -0.25) is 14.6 Å². The summed E-state index contributed by atoms with van der Waals surface area (Å²) in [5.41, 5.74) is 2.38. The van der Waals surface area contributed by atoms with Gasteiger partial charge < -0.3 is 10.2 Å². The molecule has 2 heterocycles. The van der Waals surface area contributed by atoms with Crippen molar-refractivity contribution in [3.8, 4) is 11.1 Å². The molecule has 1 fully saturated rings. The summed E-state index contributed by atoms with van der Waals surface area (Å²) in [6.45, 7) is 4.50. The molecule has 170 valence electrons. The Hall–Kier alpha value is -3.54. The molecular formula is C27H28FN3O2. The number of hydrogen-bond donors (Lipinski definition) is 1. The molecule has 1 aliphatic heterocycles. The zero-order chi connectivity index (χ0) is 23.4. The van der Waals surface area contributed by atoms with Gasteiger partial charge in [0.2, 0.25) is 5.91 Å². The number of amides is 2. The summed E-state index contributed by atoms with van der Waals surface area (Å²) in [7, 11) is 0. The highest BCUT2D eigenvalue weighted by molar-refractivity contribution is 5.95. The second kappa shape index (κ2) is 9.53. The second-order valence-corrected chi connectivity index (χ2v) is 8.98. The third-order valence-electron chi connectivity index (χ3n) is 6.13. The predicted octanol–water partition coefficient (Wildman–Crippen LogP) is 4.49. The van der Waals surface area contributed by atoms with Crippen LogP contribution in [0.15, 0.2) is 73.1 Å². The number of aromatic nitrogens is 1. The van der Waals surface area contributed by atoms with E-state index in [9.17, 15) is 14.0 Å². The van der Waals surface area contributed by atoms with Crippen LogP contribution in [0, 0.1) is 11.2 Å². The van der Waals surface area contributed by atoms with Gasteiger partial charge in [0, 0.05) is 31.5 Å². The summed E-state index contributed by atoms with van der Waals surface area (Å²) >= 11 is 0. The lowest BCUT2D eigenvalue weighted by Crippen LogP contribution is -2.47. The molecule has 0 spiro atoms. The molecule has 0 saturated carbocycles. The third-order valence-corrected chi connectivity index (χ3v) is 6.13. The molecule has 1 aliphatic rings. The molecule has 2 amide bonds. The number of rotatable bonds is 6. The van der Waals surface area contributed by atoms with E-state index in [1.54, 1.807) is 29.4 Å². The maximum Gasteiger partial charge on any atom is 0.256 e. The minimum Gasteiger partial charge on any atom is -0.353 e. The minimum absolute atomic E-state index is 0.0196. The lowest BCUT2D eigenvalue weighted by molar-refractivity contribution is -0.130. The molecule has 4 rings (SSSR count). The number of hydrogen-bond acceptors (Lipinski definition) is 3. The Labute approximate surface area is 193 Å². The van der Waals surface area contributed by atoms with Crippen molar-refractivity contribution in [1.29, 1.82) is 0 Å². The van der Waals surface area contributed by atoms with E-state index in [4.69, 9.17) is 0 Å². The lowest BCUT2D eigenvalue weighted by Gasteiger charge is -2.29. The van der Waals surface area contributed by atoms with E-state index in [0.717, 1.165) is 16.7 Å². The number of benzene rings is 2. The first-order valence-electron chi connectivity index (χ1n) is 11.2. The van der Waals surface area contributed by atoms with Crippen molar-refractivity contribution in [2.24, 2.45) is 5.41 Å². The van der Waals surface area contributed by atoms with Gasteiger partial charge in [0.1, 0.15) is 5.82 Å². The third kappa shape index (κ3) is 4.95. The standard InChI is InChI=1S/C27H28FN3O2/c1-19(2)30-26(33)27(12-15-31(18-27)25(32)23-8-3-4-9-24(23)28)17-20-6-5-7-22(16-20)21-10-13-29-14-11-21/h3-11,13-14,16,19H,12,15,17-18H2,1-2H3,(H,30,33)/t27-/m0/s1. The number of pyridine rings is 1. The molecule has 1 saturated heterocycles. The number of nitrogens with one attached hydrogen (secondary N) is 1. The Morgan fingerprint density at radius 1 is 1.06 bits per heavy atom. The summed E-state index contributed by atoms with van der Waals surface area (Å²) in [5, 5.41) is 3.04. The van der Waals surface area contributed by atoms with Crippen molar-refractivity contribution in [2.75, 3.05) is 13.1 Å². The highest BCUT2D eigenvalue weighted by Crippen LogP contribution is 2.36. The Balaban J connectivity index is 1.62. The van der Waals surface area contributed by atoms with E-state index in [0.29, 0.717) is 19.4 Å². The maximum atomic E-state index is 14.2. The van der Waals surface area contributed by atoms with Crippen molar-refractivity contribution < 1.29 is 14.0 Å². The van der Waals surface area contributed by atoms with Gasteiger partial charge >= 0.3 is 0 Å². The first kappa shape index (κ1) is 22.6. The molecule has 0 aliphatic carbocycles.